The standard InChI is InChI=1S/C55H34N2S/c1-3-14-35(15-4-1)36-26-28-38(29-27-36)54-56-49(37-16-5-2-6-17-37)34-50(57-54)41-19-13-18-39(32-41)40-30-31-48-45(33-40)53-52(44-22-9-12-25-51(44)58-53)55(48)46-23-10-7-20-42(46)43-21-8-11-24-47(43)55/h1-34H. The second kappa shape index (κ2) is 12.9. The number of hydrogen-bond acceptors (Lipinski definition) is 3. The summed E-state index contributed by atoms with van der Waals surface area (Å²) >= 11 is 1.92. The summed E-state index contributed by atoms with van der Waals surface area (Å²) in [4.78, 5) is 11.7. The Balaban J connectivity index is 1.00. The van der Waals surface area contributed by atoms with Crippen molar-refractivity contribution in [2.75, 3.05) is 0 Å². The first kappa shape index (κ1) is 33.0. The van der Waals surface area contributed by atoms with Crippen molar-refractivity contribution >= 4 is 21.4 Å². The zero-order valence-corrected chi connectivity index (χ0v) is 32.2. The molecule has 0 aliphatic heterocycles. The van der Waals surface area contributed by atoms with Gasteiger partial charge < -0.3 is 0 Å². The van der Waals surface area contributed by atoms with Crippen molar-refractivity contribution in [3.8, 4) is 77.7 Å². The van der Waals surface area contributed by atoms with Gasteiger partial charge in [-0.05, 0) is 90.8 Å². The van der Waals surface area contributed by atoms with Gasteiger partial charge in [0.1, 0.15) is 0 Å². The lowest BCUT2D eigenvalue weighted by Crippen LogP contribution is -2.25. The maximum Gasteiger partial charge on any atom is 0.160 e. The van der Waals surface area contributed by atoms with E-state index in [9.17, 15) is 0 Å². The lowest BCUT2D eigenvalue weighted by molar-refractivity contribution is 0.803. The van der Waals surface area contributed by atoms with Crippen LogP contribution in [0, 0.1) is 0 Å². The Labute approximate surface area is 341 Å². The molecule has 12 rings (SSSR count). The number of hydrogen-bond donors (Lipinski definition) is 0. The van der Waals surface area contributed by atoms with E-state index in [0.717, 1.165) is 33.6 Å². The first-order valence-electron chi connectivity index (χ1n) is 19.8. The van der Waals surface area contributed by atoms with Gasteiger partial charge in [-0.1, -0.05) is 182 Å². The van der Waals surface area contributed by atoms with Crippen molar-refractivity contribution in [3.63, 3.8) is 0 Å². The summed E-state index contributed by atoms with van der Waals surface area (Å²) in [6.07, 6.45) is 0. The van der Waals surface area contributed by atoms with E-state index in [1.807, 2.05) is 23.5 Å². The highest BCUT2D eigenvalue weighted by molar-refractivity contribution is 7.22. The fourth-order valence-corrected chi connectivity index (χ4v) is 10.8. The topological polar surface area (TPSA) is 25.8 Å². The zero-order valence-electron chi connectivity index (χ0n) is 31.4. The molecule has 270 valence electrons. The summed E-state index contributed by atoms with van der Waals surface area (Å²) < 4.78 is 1.33. The summed E-state index contributed by atoms with van der Waals surface area (Å²) in [5.41, 5.74) is 18.7. The lowest BCUT2D eigenvalue weighted by atomic mass is 9.70. The minimum absolute atomic E-state index is 0.373. The molecule has 8 aromatic carbocycles. The lowest BCUT2D eigenvalue weighted by Gasteiger charge is -2.30. The highest BCUT2D eigenvalue weighted by atomic mass is 32.1. The average molecular weight is 755 g/mol. The Morgan fingerprint density at radius 2 is 0.862 bits per heavy atom. The van der Waals surface area contributed by atoms with E-state index < -0.39 is 0 Å². The fraction of sp³-hybridized carbons (Fsp3) is 0.0182. The zero-order chi connectivity index (χ0) is 38.2. The fourth-order valence-electron chi connectivity index (χ4n) is 9.56. The van der Waals surface area contributed by atoms with Crippen LogP contribution in [0.15, 0.2) is 206 Å². The van der Waals surface area contributed by atoms with Gasteiger partial charge in [-0.15, -0.1) is 11.3 Å². The molecule has 10 aromatic rings. The number of rotatable bonds is 5. The summed E-state index contributed by atoms with van der Waals surface area (Å²) in [6.45, 7) is 0. The highest BCUT2D eigenvalue weighted by Crippen LogP contribution is 2.66. The second-order valence-corrected chi connectivity index (χ2v) is 16.3. The molecule has 1 spiro atoms. The second-order valence-electron chi connectivity index (χ2n) is 15.3. The summed E-state index contributed by atoms with van der Waals surface area (Å²) in [5.74, 6) is 0.707. The molecule has 58 heavy (non-hydrogen) atoms. The molecule has 2 heterocycles. The molecular weight excluding hydrogens is 721 g/mol. The van der Waals surface area contributed by atoms with Crippen LogP contribution in [-0.4, -0.2) is 9.97 Å². The normalized spacial score (nSPS) is 13.0. The number of thiophene rings is 1. The van der Waals surface area contributed by atoms with E-state index in [0.29, 0.717) is 5.82 Å². The van der Waals surface area contributed by atoms with E-state index in [1.54, 1.807) is 0 Å². The summed E-state index contributed by atoms with van der Waals surface area (Å²) in [7, 11) is 0. The van der Waals surface area contributed by atoms with Gasteiger partial charge in [0.15, 0.2) is 5.82 Å². The third-order valence-corrected chi connectivity index (χ3v) is 13.3. The van der Waals surface area contributed by atoms with Crippen LogP contribution in [0.25, 0.3) is 87.8 Å². The van der Waals surface area contributed by atoms with Crippen molar-refractivity contribution in [3.05, 3.63) is 229 Å². The Morgan fingerprint density at radius 3 is 1.60 bits per heavy atom. The third-order valence-electron chi connectivity index (χ3n) is 12.1. The van der Waals surface area contributed by atoms with Gasteiger partial charge in [-0.2, -0.15) is 0 Å². The molecule has 0 unspecified atom stereocenters. The van der Waals surface area contributed by atoms with Gasteiger partial charge in [0.2, 0.25) is 0 Å². The number of aromatic nitrogens is 2. The SMILES string of the molecule is c1ccc(-c2ccc(-c3nc(-c4ccccc4)cc(-c4cccc(-c5ccc6c(c5)-c5sc7ccccc7c5C65c6ccccc6-c6ccccc65)c4)n3)cc2)cc1. The van der Waals surface area contributed by atoms with Crippen LogP contribution in [0.1, 0.15) is 22.3 Å². The number of fused-ring (bicyclic) bond motifs is 12. The predicted molar refractivity (Wildman–Crippen MR) is 241 cm³/mol. The first-order chi connectivity index (χ1) is 28.7. The first-order valence-corrected chi connectivity index (χ1v) is 20.6. The quantitative estimate of drug-likeness (QED) is 0.175. The van der Waals surface area contributed by atoms with Gasteiger partial charge in [0, 0.05) is 26.3 Å². The largest absolute Gasteiger partial charge is 0.228 e. The highest BCUT2D eigenvalue weighted by Gasteiger charge is 2.53. The van der Waals surface area contributed by atoms with Crippen LogP contribution in [0.5, 0.6) is 0 Å². The molecule has 0 bridgehead atoms. The van der Waals surface area contributed by atoms with Crippen LogP contribution in [0.2, 0.25) is 0 Å². The van der Waals surface area contributed by atoms with Gasteiger partial charge in [-0.25, -0.2) is 9.97 Å². The van der Waals surface area contributed by atoms with E-state index in [-0.39, 0.29) is 5.41 Å². The van der Waals surface area contributed by atoms with Crippen molar-refractivity contribution in [1.29, 1.82) is 0 Å². The monoisotopic (exact) mass is 754 g/mol. The minimum Gasteiger partial charge on any atom is -0.228 e. The molecule has 2 aliphatic rings. The Bertz CT molecular complexity index is 3170. The minimum atomic E-state index is -0.373. The third kappa shape index (κ3) is 4.90. The van der Waals surface area contributed by atoms with E-state index in [1.165, 1.54) is 70.6 Å². The molecule has 2 nitrogen and oxygen atoms in total. The predicted octanol–water partition coefficient (Wildman–Crippen LogP) is 14.4. The maximum atomic E-state index is 5.23. The van der Waals surface area contributed by atoms with Crippen LogP contribution in [0.3, 0.4) is 0 Å². The van der Waals surface area contributed by atoms with Crippen LogP contribution in [-0.2, 0) is 5.41 Å². The number of benzene rings is 8. The molecule has 0 N–H and O–H groups in total. The van der Waals surface area contributed by atoms with Crippen LogP contribution in [0.4, 0.5) is 0 Å². The molecule has 3 heteroatoms. The van der Waals surface area contributed by atoms with Gasteiger partial charge >= 0.3 is 0 Å². The summed E-state index contributed by atoms with van der Waals surface area (Å²) in [6, 6.07) is 74.7. The Kier molecular flexibility index (Phi) is 7.35. The molecule has 0 saturated heterocycles. The summed E-state index contributed by atoms with van der Waals surface area (Å²) in [5, 5.41) is 1.34. The van der Waals surface area contributed by atoms with Gasteiger partial charge in [0.05, 0.1) is 16.8 Å². The van der Waals surface area contributed by atoms with Crippen LogP contribution >= 0.6 is 11.3 Å². The van der Waals surface area contributed by atoms with E-state index in [2.05, 4.69) is 194 Å². The van der Waals surface area contributed by atoms with E-state index >= 15 is 0 Å². The van der Waals surface area contributed by atoms with Gasteiger partial charge in [0.25, 0.3) is 0 Å². The van der Waals surface area contributed by atoms with Crippen molar-refractivity contribution in [1.82, 2.24) is 9.97 Å². The van der Waals surface area contributed by atoms with E-state index in [4.69, 9.17) is 9.97 Å². The smallest absolute Gasteiger partial charge is 0.160 e. The Hall–Kier alpha value is -7.20. The van der Waals surface area contributed by atoms with Crippen molar-refractivity contribution in [2.24, 2.45) is 0 Å². The molecule has 2 aromatic heterocycles. The molecule has 0 amide bonds. The van der Waals surface area contributed by atoms with Crippen molar-refractivity contribution < 1.29 is 0 Å². The molecule has 2 aliphatic carbocycles. The van der Waals surface area contributed by atoms with Gasteiger partial charge in [-0.3, -0.25) is 0 Å². The molecular formula is C55H34N2S. The molecule has 0 atom stereocenters. The molecule has 0 saturated carbocycles. The molecule has 0 fully saturated rings. The number of nitrogens with zero attached hydrogens (tertiary/aromatic N) is 2. The average Bonchev–Trinajstić information content (AvgIpc) is 3.93. The Morgan fingerprint density at radius 1 is 0.345 bits per heavy atom. The molecule has 0 radical (unpaired) electrons. The maximum absolute atomic E-state index is 5.23. The van der Waals surface area contributed by atoms with Crippen LogP contribution < -0.4 is 0 Å². The van der Waals surface area contributed by atoms with Crippen molar-refractivity contribution in [2.45, 2.75) is 5.41 Å².